The molecule has 1 fully saturated rings. The summed E-state index contributed by atoms with van der Waals surface area (Å²) in [5.41, 5.74) is 0.957. The van der Waals surface area contributed by atoms with Gasteiger partial charge in [-0.15, -0.1) is 0 Å². The van der Waals surface area contributed by atoms with Crippen molar-refractivity contribution in [3.63, 3.8) is 0 Å². The van der Waals surface area contributed by atoms with Crippen LogP contribution in [0.1, 0.15) is 32.8 Å². The van der Waals surface area contributed by atoms with Crippen LogP contribution in [0.25, 0.3) is 0 Å². The number of hydrogen-bond acceptors (Lipinski definition) is 6. The van der Waals surface area contributed by atoms with Gasteiger partial charge in [0.2, 0.25) is 0 Å². The maximum atomic E-state index is 13.0. The lowest BCUT2D eigenvalue weighted by Crippen LogP contribution is -2.58. The van der Waals surface area contributed by atoms with Gasteiger partial charge in [0, 0.05) is 26.2 Å². The highest BCUT2D eigenvalue weighted by atomic mass is 16.6. The zero-order chi connectivity index (χ0) is 25.7. The first kappa shape index (κ1) is 25.3. The number of piperazine rings is 1. The molecule has 9 nitrogen and oxygen atoms in total. The zero-order valence-corrected chi connectivity index (χ0v) is 21.0. The number of nitrogens with zero attached hydrogens (tertiary/aromatic N) is 3. The second-order valence-electron chi connectivity index (χ2n) is 9.90. The van der Waals surface area contributed by atoms with Crippen molar-refractivity contribution < 1.29 is 28.6 Å². The molecule has 0 N–H and O–H groups in total. The molecular formula is C27H33N3O6. The molecule has 9 heteroatoms. The first-order chi connectivity index (χ1) is 17.2. The Kier molecular flexibility index (Phi) is 7.67. The molecule has 0 unspecified atom stereocenters. The molecule has 0 aromatic heterocycles. The largest absolute Gasteiger partial charge is 0.482 e. The van der Waals surface area contributed by atoms with Crippen molar-refractivity contribution in [3.05, 3.63) is 60.2 Å². The van der Waals surface area contributed by atoms with Crippen LogP contribution in [-0.4, -0.2) is 72.3 Å². The molecule has 2 aliphatic rings. The molecule has 0 bridgehead atoms. The lowest BCUT2D eigenvalue weighted by Gasteiger charge is -2.42. The number of fused-ring (bicyclic) bond motifs is 1. The average Bonchev–Trinajstić information content (AvgIpc) is 2.86. The molecule has 1 saturated heterocycles. The second-order valence-corrected chi connectivity index (χ2v) is 9.90. The van der Waals surface area contributed by atoms with E-state index in [0.29, 0.717) is 37.5 Å². The Balaban J connectivity index is 1.45. The summed E-state index contributed by atoms with van der Waals surface area (Å²) in [6.45, 7) is 6.91. The first-order valence-corrected chi connectivity index (χ1v) is 12.2. The number of carbonyl (C=O) groups excluding carboxylic acids is 3. The molecule has 1 atom stereocenters. The number of benzene rings is 2. The van der Waals surface area contributed by atoms with E-state index in [-0.39, 0.29) is 31.7 Å². The molecule has 2 heterocycles. The first-order valence-electron chi connectivity index (χ1n) is 12.2. The van der Waals surface area contributed by atoms with Gasteiger partial charge in [0.25, 0.3) is 5.91 Å². The lowest BCUT2D eigenvalue weighted by molar-refractivity contribution is -0.121. The normalized spacial score (nSPS) is 17.8. The van der Waals surface area contributed by atoms with Crippen molar-refractivity contribution in [3.8, 4) is 5.75 Å². The fourth-order valence-electron chi connectivity index (χ4n) is 4.32. The van der Waals surface area contributed by atoms with Gasteiger partial charge in [-0.1, -0.05) is 42.5 Å². The molecular weight excluding hydrogens is 462 g/mol. The minimum Gasteiger partial charge on any atom is -0.482 e. The Bertz CT molecular complexity index is 1080. The molecule has 0 saturated carbocycles. The number of hydrogen-bond donors (Lipinski definition) is 0. The summed E-state index contributed by atoms with van der Waals surface area (Å²) in [5.74, 6) is 0.503. The number of ether oxygens (including phenoxy) is 3. The van der Waals surface area contributed by atoms with Crippen LogP contribution in [-0.2, 0) is 20.9 Å². The van der Waals surface area contributed by atoms with Gasteiger partial charge in [-0.2, -0.15) is 0 Å². The van der Waals surface area contributed by atoms with Gasteiger partial charge < -0.3 is 28.9 Å². The monoisotopic (exact) mass is 495 g/mol. The van der Waals surface area contributed by atoms with Crippen molar-refractivity contribution in [2.45, 2.75) is 45.4 Å². The summed E-state index contributed by atoms with van der Waals surface area (Å²) in [7, 11) is 0. The minimum absolute atomic E-state index is 0.0323. The van der Waals surface area contributed by atoms with Gasteiger partial charge in [0.1, 0.15) is 18.0 Å². The predicted molar refractivity (Wildman–Crippen MR) is 134 cm³/mol. The van der Waals surface area contributed by atoms with Crippen LogP contribution in [0.4, 0.5) is 15.3 Å². The van der Waals surface area contributed by atoms with Crippen LogP contribution in [0.3, 0.4) is 0 Å². The minimum atomic E-state index is -0.646. The van der Waals surface area contributed by atoms with Gasteiger partial charge >= 0.3 is 12.2 Å². The number of para-hydroxylation sites is 2. The van der Waals surface area contributed by atoms with Gasteiger partial charge in [-0.3, -0.25) is 4.79 Å². The number of amides is 3. The third-order valence-electron chi connectivity index (χ3n) is 6.07. The van der Waals surface area contributed by atoms with Crippen LogP contribution in [0.15, 0.2) is 54.6 Å². The van der Waals surface area contributed by atoms with E-state index < -0.39 is 17.8 Å². The SMILES string of the molecule is CC(C)(C)OC(=O)N1CCN(C(=O)OCc2ccccc2)C[C@H]1CCN1C(=O)COc2ccccc21. The van der Waals surface area contributed by atoms with E-state index in [9.17, 15) is 14.4 Å². The van der Waals surface area contributed by atoms with Crippen LogP contribution in [0.2, 0.25) is 0 Å². The molecule has 0 aliphatic carbocycles. The Morgan fingerprint density at radius 2 is 1.72 bits per heavy atom. The average molecular weight is 496 g/mol. The van der Waals surface area contributed by atoms with E-state index in [4.69, 9.17) is 14.2 Å². The van der Waals surface area contributed by atoms with Gasteiger partial charge in [-0.25, -0.2) is 9.59 Å². The van der Waals surface area contributed by atoms with Crippen molar-refractivity contribution in [2.75, 3.05) is 37.7 Å². The van der Waals surface area contributed by atoms with Crippen LogP contribution in [0, 0.1) is 0 Å². The molecule has 3 amide bonds. The van der Waals surface area contributed by atoms with Gasteiger partial charge in [0.15, 0.2) is 6.61 Å². The summed E-state index contributed by atoms with van der Waals surface area (Å²) in [4.78, 5) is 43.4. The Morgan fingerprint density at radius 3 is 2.47 bits per heavy atom. The van der Waals surface area contributed by atoms with E-state index in [1.165, 1.54) is 0 Å². The molecule has 0 spiro atoms. The van der Waals surface area contributed by atoms with Crippen molar-refractivity contribution in [1.29, 1.82) is 0 Å². The molecule has 36 heavy (non-hydrogen) atoms. The lowest BCUT2D eigenvalue weighted by atomic mass is 10.1. The Morgan fingerprint density at radius 1 is 1.00 bits per heavy atom. The maximum absolute atomic E-state index is 13.0. The number of anilines is 1. The summed E-state index contributed by atoms with van der Waals surface area (Å²) in [6, 6.07) is 16.5. The van der Waals surface area contributed by atoms with Gasteiger partial charge in [0.05, 0.1) is 11.7 Å². The molecule has 2 aromatic rings. The number of carbonyl (C=O) groups is 3. The van der Waals surface area contributed by atoms with Crippen molar-refractivity contribution >= 4 is 23.8 Å². The van der Waals surface area contributed by atoms with Crippen LogP contribution in [0.5, 0.6) is 5.75 Å². The highest BCUT2D eigenvalue weighted by Gasteiger charge is 2.36. The van der Waals surface area contributed by atoms with E-state index in [0.717, 1.165) is 5.56 Å². The Labute approximate surface area is 211 Å². The van der Waals surface area contributed by atoms with Crippen molar-refractivity contribution in [1.82, 2.24) is 9.80 Å². The summed E-state index contributed by atoms with van der Waals surface area (Å²) < 4.78 is 16.7. The quantitative estimate of drug-likeness (QED) is 0.622. The third-order valence-corrected chi connectivity index (χ3v) is 6.07. The Hall–Kier alpha value is -3.75. The fourth-order valence-corrected chi connectivity index (χ4v) is 4.32. The fraction of sp³-hybridized carbons (Fsp3) is 0.444. The van der Waals surface area contributed by atoms with Crippen LogP contribution < -0.4 is 9.64 Å². The predicted octanol–water partition coefficient (Wildman–Crippen LogP) is 4.06. The summed E-state index contributed by atoms with van der Waals surface area (Å²) in [5, 5.41) is 0. The summed E-state index contributed by atoms with van der Waals surface area (Å²) in [6.07, 6.45) is -0.402. The zero-order valence-electron chi connectivity index (χ0n) is 21.0. The second kappa shape index (κ2) is 10.9. The maximum Gasteiger partial charge on any atom is 0.410 e. The third kappa shape index (κ3) is 6.27. The molecule has 2 aliphatic heterocycles. The van der Waals surface area contributed by atoms with E-state index in [1.54, 1.807) is 14.7 Å². The highest BCUT2D eigenvalue weighted by Crippen LogP contribution is 2.32. The number of rotatable bonds is 5. The standard InChI is InChI=1S/C27H33N3O6/c1-27(2,3)36-26(33)29-16-15-28(25(32)35-18-20-9-5-4-6-10-20)17-21(29)13-14-30-22-11-7-8-12-23(22)34-19-24(30)31/h4-12,21H,13-19H2,1-3H3/t21-/m1/s1. The van der Waals surface area contributed by atoms with E-state index >= 15 is 0 Å². The smallest absolute Gasteiger partial charge is 0.410 e. The highest BCUT2D eigenvalue weighted by molar-refractivity contribution is 5.97. The topological polar surface area (TPSA) is 88.6 Å². The van der Waals surface area contributed by atoms with Crippen LogP contribution >= 0.6 is 0 Å². The molecule has 0 radical (unpaired) electrons. The van der Waals surface area contributed by atoms with E-state index in [1.807, 2.05) is 75.4 Å². The summed E-state index contributed by atoms with van der Waals surface area (Å²) >= 11 is 0. The molecule has 4 rings (SSSR count). The van der Waals surface area contributed by atoms with E-state index in [2.05, 4.69) is 0 Å². The molecule has 2 aromatic carbocycles. The molecule has 192 valence electrons. The van der Waals surface area contributed by atoms with Gasteiger partial charge in [-0.05, 0) is 44.9 Å². The van der Waals surface area contributed by atoms with Crippen molar-refractivity contribution in [2.24, 2.45) is 0 Å².